The van der Waals surface area contributed by atoms with Crippen molar-refractivity contribution in [3.8, 4) is 0 Å². The Morgan fingerprint density at radius 2 is 1.80 bits per heavy atom. The molecule has 154 valence electrons. The third-order valence-corrected chi connectivity index (χ3v) is 5.88. The van der Waals surface area contributed by atoms with Crippen molar-refractivity contribution in [1.29, 1.82) is 0 Å². The van der Waals surface area contributed by atoms with Gasteiger partial charge in [0.2, 0.25) is 11.8 Å². The van der Waals surface area contributed by atoms with Gasteiger partial charge in [0.1, 0.15) is 0 Å². The second kappa shape index (κ2) is 7.71. The molecule has 1 aromatic heterocycles. The summed E-state index contributed by atoms with van der Waals surface area (Å²) in [6.45, 7) is 0.311. The molecule has 10 heteroatoms. The average Bonchev–Trinajstić information content (AvgIpc) is 3.34. The Labute approximate surface area is 172 Å². The van der Waals surface area contributed by atoms with Crippen molar-refractivity contribution >= 4 is 33.4 Å². The Morgan fingerprint density at radius 1 is 1.10 bits per heavy atom. The first-order valence-corrected chi connectivity index (χ1v) is 11.0. The molecule has 1 saturated heterocycles. The Balaban J connectivity index is 1.45. The molecule has 1 aliphatic rings. The third kappa shape index (κ3) is 4.08. The van der Waals surface area contributed by atoms with Gasteiger partial charge in [0, 0.05) is 30.5 Å². The van der Waals surface area contributed by atoms with Crippen LogP contribution in [0, 0.1) is 0 Å². The van der Waals surface area contributed by atoms with Crippen LogP contribution in [0.4, 0.5) is 11.7 Å². The van der Waals surface area contributed by atoms with Crippen molar-refractivity contribution in [2.75, 3.05) is 23.0 Å². The monoisotopic (exact) mass is 426 g/mol. The first-order chi connectivity index (χ1) is 14.3. The molecule has 1 atom stereocenters. The third-order valence-electron chi connectivity index (χ3n) is 4.75. The summed E-state index contributed by atoms with van der Waals surface area (Å²) in [6, 6.07) is 14.7. The van der Waals surface area contributed by atoms with E-state index in [-0.39, 0.29) is 41.0 Å². The number of hydrogen-bond donors (Lipinski definition) is 1. The maximum atomic E-state index is 12.5. The number of anilines is 2. The fourth-order valence-corrected chi connectivity index (χ4v) is 3.84. The standard InChI is InChI=1S/C20H18N4O5S/c1-30(27,28)16-9-7-15(8-10-16)24-12-14(11-17(24)25)19-22-23-20(29-19)21-18(26)13-5-3-2-4-6-13/h2-10,14H,11-12H2,1H3,(H,21,23,26)/t14-/m1/s1. The van der Waals surface area contributed by atoms with Crippen LogP contribution in [0.3, 0.4) is 0 Å². The fourth-order valence-electron chi connectivity index (χ4n) is 3.20. The summed E-state index contributed by atoms with van der Waals surface area (Å²) in [5, 5.41) is 10.3. The van der Waals surface area contributed by atoms with Gasteiger partial charge in [-0.15, -0.1) is 5.10 Å². The molecule has 30 heavy (non-hydrogen) atoms. The number of aromatic nitrogens is 2. The van der Waals surface area contributed by atoms with Crippen molar-refractivity contribution in [1.82, 2.24) is 10.2 Å². The Kier molecular flexibility index (Phi) is 5.08. The van der Waals surface area contributed by atoms with Gasteiger partial charge >= 0.3 is 6.01 Å². The zero-order valence-electron chi connectivity index (χ0n) is 16.0. The van der Waals surface area contributed by atoms with Crippen LogP contribution in [0.15, 0.2) is 63.9 Å². The van der Waals surface area contributed by atoms with Crippen LogP contribution in [-0.4, -0.2) is 43.2 Å². The molecular weight excluding hydrogens is 408 g/mol. The van der Waals surface area contributed by atoms with Crippen LogP contribution < -0.4 is 10.2 Å². The lowest BCUT2D eigenvalue weighted by atomic mass is 10.1. The predicted octanol–water partition coefficient (Wildman–Crippen LogP) is 2.25. The molecular formula is C20H18N4O5S. The van der Waals surface area contributed by atoms with E-state index in [4.69, 9.17) is 4.42 Å². The lowest BCUT2D eigenvalue weighted by Gasteiger charge is -2.16. The maximum absolute atomic E-state index is 12.5. The van der Waals surface area contributed by atoms with E-state index in [0.717, 1.165) is 6.26 Å². The average molecular weight is 426 g/mol. The normalized spacial score (nSPS) is 16.6. The number of carbonyl (C=O) groups is 2. The quantitative estimate of drug-likeness (QED) is 0.664. The summed E-state index contributed by atoms with van der Waals surface area (Å²) in [4.78, 5) is 26.4. The lowest BCUT2D eigenvalue weighted by molar-refractivity contribution is -0.117. The van der Waals surface area contributed by atoms with E-state index in [9.17, 15) is 18.0 Å². The minimum Gasteiger partial charge on any atom is -0.407 e. The van der Waals surface area contributed by atoms with Gasteiger partial charge < -0.3 is 9.32 Å². The van der Waals surface area contributed by atoms with Crippen LogP contribution in [0.2, 0.25) is 0 Å². The summed E-state index contributed by atoms with van der Waals surface area (Å²) in [7, 11) is -3.31. The molecule has 2 aromatic carbocycles. The highest BCUT2D eigenvalue weighted by atomic mass is 32.2. The van der Waals surface area contributed by atoms with Gasteiger partial charge in [-0.2, -0.15) is 0 Å². The van der Waals surface area contributed by atoms with Crippen molar-refractivity contribution in [3.05, 3.63) is 66.1 Å². The van der Waals surface area contributed by atoms with E-state index in [2.05, 4.69) is 15.5 Å². The first-order valence-electron chi connectivity index (χ1n) is 9.11. The van der Waals surface area contributed by atoms with Gasteiger partial charge in [-0.25, -0.2) is 8.42 Å². The molecule has 0 aliphatic carbocycles. The molecule has 1 fully saturated rings. The van der Waals surface area contributed by atoms with Gasteiger partial charge in [-0.3, -0.25) is 14.9 Å². The fraction of sp³-hybridized carbons (Fsp3) is 0.200. The van der Waals surface area contributed by atoms with Crippen LogP contribution in [-0.2, 0) is 14.6 Å². The van der Waals surface area contributed by atoms with Gasteiger partial charge in [0.25, 0.3) is 5.91 Å². The van der Waals surface area contributed by atoms with Crippen LogP contribution >= 0.6 is 0 Å². The molecule has 4 rings (SSSR count). The van der Waals surface area contributed by atoms with Gasteiger partial charge in [-0.1, -0.05) is 23.3 Å². The van der Waals surface area contributed by atoms with Gasteiger partial charge in [0.15, 0.2) is 9.84 Å². The van der Waals surface area contributed by atoms with E-state index in [1.54, 1.807) is 47.4 Å². The smallest absolute Gasteiger partial charge is 0.322 e. The number of benzene rings is 2. The molecule has 1 N–H and O–H groups in total. The number of sulfone groups is 1. The zero-order chi connectivity index (χ0) is 21.3. The minimum atomic E-state index is -3.31. The summed E-state index contributed by atoms with van der Waals surface area (Å²) < 4.78 is 28.7. The number of amides is 2. The van der Waals surface area contributed by atoms with Crippen molar-refractivity contribution < 1.29 is 22.4 Å². The molecule has 2 heterocycles. The molecule has 9 nitrogen and oxygen atoms in total. The SMILES string of the molecule is CS(=O)(=O)c1ccc(N2C[C@H](c3nnc(NC(=O)c4ccccc4)o3)CC2=O)cc1. The molecule has 0 saturated carbocycles. The Morgan fingerprint density at radius 3 is 2.47 bits per heavy atom. The van der Waals surface area contributed by atoms with E-state index < -0.39 is 9.84 Å². The molecule has 0 radical (unpaired) electrons. The van der Waals surface area contributed by atoms with Crippen LogP contribution in [0.1, 0.15) is 28.6 Å². The minimum absolute atomic E-state index is 0.0396. The van der Waals surface area contributed by atoms with Crippen LogP contribution in [0.5, 0.6) is 0 Å². The number of nitrogens with one attached hydrogen (secondary N) is 1. The highest BCUT2D eigenvalue weighted by Gasteiger charge is 2.35. The highest BCUT2D eigenvalue weighted by molar-refractivity contribution is 7.90. The molecule has 0 bridgehead atoms. The lowest BCUT2D eigenvalue weighted by Crippen LogP contribution is -2.24. The van der Waals surface area contributed by atoms with E-state index in [1.165, 1.54) is 12.1 Å². The maximum Gasteiger partial charge on any atom is 0.322 e. The zero-order valence-corrected chi connectivity index (χ0v) is 16.8. The second-order valence-electron chi connectivity index (χ2n) is 6.94. The summed E-state index contributed by atoms with van der Waals surface area (Å²) in [5.41, 5.74) is 1.05. The Bertz CT molecular complexity index is 1190. The van der Waals surface area contributed by atoms with Crippen LogP contribution in [0.25, 0.3) is 0 Å². The molecule has 0 spiro atoms. The van der Waals surface area contributed by atoms with Gasteiger partial charge in [-0.05, 0) is 36.4 Å². The number of nitrogens with zero attached hydrogens (tertiary/aromatic N) is 3. The van der Waals surface area contributed by atoms with Crippen molar-refractivity contribution in [2.45, 2.75) is 17.2 Å². The van der Waals surface area contributed by atoms with Crippen molar-refractivity contribution in [3.63, 3.8) is 0 Å². The molecule has 0 unspecified atom stereocenters. The molecule has 1 aliphatic heterocycles. The number of carbonyl (C=O) groups excluding carboxylic acids is 2. The predicted molar refractivity (Wildman–Crippen MR) is 108 cm³/mol. The topological polar surface area (TPSA) is 122 Å². The van der Waals surface area contributed by atoms with Gasteiger partial charge in [0.05, 0.1) is 10.8 Å². The highest BCUT2D eigenvalue weighted by Crippen LogP contribution is 2.32. The number of hydrogen-bond acceptors (Lipinski definition) is 7. The Hall–Kier alpha value is -3.53. The summed E-state index contributed by atoms with van der Waals surface area (Å²) in [5.74, 6) is -0.593. The second-order valence-corrected chi connectivity index (χ2v) is 8.95. The van der Waals surface area contributed by atoms with E-state index in [0.29, 0.717) is 17.8 Å². The van der Waals surface area contributed by atoms with E-state index >= 15 is 0 Å². The summed E-state index contributed by atoms with van der Waals surface area (Å²) in [6.07, 6.45) is 1.30. The summed E-state index contributed by atoms with van der Waals surface area (Å²) >= 11 is 0. The van der Waals surface area contributed by atoms with Crippen molar-refractivity contribution in [2.24, 2.45) is 0 Å². The van der Waals surface area contributed by atoms with E-state index in [1.807, 2.05) is 0 Å². The first kappa shape index (κ1) is 19.8. The molecule has 2 amide bonds. The largest absolute Gasteiger partial charge is 0.407 e. The molecule has 3 aromatic rings. The number of rotatable bonds is 5.